The lowest BCUT2D eigenvalue weighted by atomic mass is 10.3. The largest absolute Gasteiger partial charge is 0.374 e. The summed E-state index contributed by atoms with van der Waals surface area (Å²) >= 11 is 1.82. The minimum absolute atomic E-state index is 1.05. The summed E-state index contributed by atoms with van der Waals surface area (Å²) in [5.41, 5.74) is 2.31. The Bertz CT molecular complexity index is 437. The van der Waals surface area contributed by atoms with E-state index in [4.69, 9.17) is 0 Å². The Balaban J connectivity index is 1.95. The molecule has 0 aliphatic rings. The van der Waals surface area contributed by atoms with Crippen molar-refractivity contribution in [3.8, 4) is 0 Å². The maximum atomic E-state index is 4.21. The van der Waals surface area contributed by atoms with Crippen molar-refractivity contribution in [2.75, 3.05) is 18.5 Å². The van der Waals surface area contributed by atoms with Crippen LogP contribution in [0.25, 0.3) is 0 Å². The molecule has 16 heavy (non-hydrogen) atoms. The molecule has 0 atom stereocenters. The van der Waals surface area contributed by atoms with E-state index in [0.29, 0.717) is 0 Å². The molecule has 0 radical (unpaired) electrons. The Morgan fingerprint density at radius 2 is 2.25 bits per heavy atom. The zero-order valence-corrected chi connectivity index (χ0v) is 10.5. The van der Waals surface area contributed by atoms with Gasteiger partial charge >= 0.3 is 0 Å². The van der Waals surface area contributed by atoms with Gasteiger partial charge in [0, 0.05) is 36.0 Å². The number of pyridine rings is 1. The standard InChI is InChI=1S/C13H16N2S/c1-11-10-12(5-7-14-11)15(2)8-6-13-4-3-9-16-13/h3-5,7,9-10H,6,8H2,1-2H3. The highest BCUT2D eigenvalue weighted by atomic mass is 32.1. The van der Waals surface area contributed by atoms with Crippen LogP contribution < -0.4 is 4.90 Å². The third kappa shape index (κ3) is 2.83. The molecular formula is C13H16N2S. The SMILES string of the molecule is Cc1cc(N(C)CCc2cccs2)ccn1. The highest BCUT2D eigenvalue weighted by molar-refractivity contribution is 7.09. The van der Waals surface area contributed by atoms with Gasteiger partial charge in [-0.3, -0.25) is 4.98 Å². The third-order valence-corrected chi connectivity index (χ3v) is 3.53. The van der Waals surface area contributed by atoms with Gasteiger partial charge in [-0.25, -0.2) is 0 Å². The Hall–Kier alpha value is -1.35. The fraction of sp³-hybridized carbons (Fsp3) is 0.308. The lowest BCUT2D eigenvalue weighted by Gasteiger charge is -2.18. The summed E-state index contributed by atoms with van der Waals surface area (Å²) in [4.78, 5) is 7.92. The summed E-state index contributed by atoms with van der Waals surface area (Å²) in [6.45, 7) is 3.07. The second kappa shape index (κ2) is 5.12. The summed E-state index contributed by atoms with van der Waals surface area (Å²) in [7, 11) is 2.13. The zero-order chi connectivity index (χ0) is 11.4. The number of hydrogen-bond acceptors (Lipinski definition) is 3. The molecule has 2 nitrogen and oxygen atoms in total. The van der Waals surface area contributed by atoms with Crippen LogP contribution >= 0.6 is 11.3 Å². The van der Waals surface area contributed by atoms with E-state index in [1.165, 1.54) is 10.6 Å². The number of aryl methyl sites for hydroxylation is 1. The quantitative estimate of drug-likeness (QED) is 0.805. The Morgan fingerprint density at radius 3 is 2.94 bits per heavy atom. The number of anilines is 1. The number of hydrogen-bond donors (Lipinski definition) is 0. The molecule has 0 saturated carbocycles. The maximum absolute atomic E-state index is 4.21. The van der Waals surface area contributed by atoms with E-state index in [9.17, 15) is 0 Å². The molecule has 0 saturated heterocycles. The van der Waals surface area contributed by atoms with Crippen LogP contribution in [0, 0.1) is 6.92 Å². The average Bonchev–Trinajstić information content (AvgIpc) is 2.78. The topological polar surface area (TPSA) is 16.1 Å². The van der Waals surface area contributed by atoms with Gasteiger partial charge in [-0.2, -0.15) is 0 Å². The Morgan fingerprint density at radius 1 is 1.38 bits per heavy atom. The van der Waals surface area contributed by atoms with E-state index >= 15 is 0 Å². The van der Waals surface area contributed by atoms with Crippen molar-refractivity contribution >= 4 is 17.0 Å². The smallest absolute Gasteiger partial charge is 0.0397 e. The fourth-order valence-electron chi connectivity index (χ4n) is 1.63. The lowest BCUT2D eigenvalue weighted by Crippen LogP contribution is -2.20. The molecule has 3 heteroatoms. The number of nitrogens with zero attached hydrogens (tertiary/aromatic N) is 2. The van der Waals surface area contributed by atoms with Gasteiger partial charge in [0.05, 0.1) is 0 Å². The molecule has 84 valence electrons. The summed E-state index contributed by atoms with van der Waals surface area (Å²) in [6.07, 6.45) is 2.97. The third-order valence-electron chi connectivity index (χ3n) is 2.59. The summed E-state index contributed by atoms with van der Waals surface area (Å²) in [5.74, 6) is 0. The molecule has 0 unspecified atom stereocenters. The van der Waals surface area contributed by atoms with Crippen LogP contribution in [0.15, 0.2) is 35.8 Å². The van der Waals surface area contributed by atoms with Crippen LogP contribution in [-0.4, -0.2) is 18.6 Å². The number of aromatic nitrogens is 1. The minimum atomic E-state index is 1.05. The van der Waals surface area contributed by atoms with Gasteiger partial charge in [-0.05, 0) is 36.9 Å². The van der Waals surface area contributed by atoms with Crippen molar-refractivity contribution in [3.63, 3.8) is 0 Å². The Labute approximate surface area is 101 Å². The van der Waals surface area contributed by atoms with Gasteiger partial charge in [-0.15, -0.1) is 11.3 Å². The van der Waals surface area contributed by atoms with Gasteiger partial charge in [0.1, 0.15) is 0 Å². The van der Waals surface area contributed by atoms with E-state index in [0.717, 1.165) is 18.7 Å². The fourth-order valence-corrected chi connectivity index (χ4v) is 2.33. The Kier molecular flexibility index (Phi) is 3.57. The molecule has 0 aromatic carbocycles. The maximum Gasteiger partial charge on any atom is 0.0397 e. The highest BCUT2D eigenvalue weighted by Gasteiger charge is 2.02. The first kappa shape index (κ1) is 11.1. The number of rotatable bonds is 4. The van der Waals surface area contributed by atoms with Crippen molar-refractivity contribution in [2.45, 2.75) is 13.3 Å². The second-order valence-electron chi connectivity index (χ2n) is 3.91. The summed E-state index contributed by atoms with van der Waals surface area (Å²) in [5, 5.41) is 2.13. The van der Waals surface area contributed by atoms with Crippen molar-refractivity contribution in [1.29, 1.82) is 0 Å². The molecular weight excluding hydrogens is 216 g/mol. The molecule has 0 aliphatic heterocycles. The van der Waals surface area contributed by atoms with Crippen molar-refractivity contribution < 1.29 is 0 Å². The van der Waals surface area contributed by atoms with Gasteiger partial charge in [0.15, 0.2) is 0 Å². The van der Waals surface area contributed by atoms with Crippen LogP contribution in [0.5, 0.6) is 0 Å². The van der Waals surface area contributed by atoms with Crippen LogP contribution in [0.3, 0.4) is 0 Å². The molecule has 0 N–H and O–H groups in total. The molecule has 0 spiro atoms. The van der Waals surface area contributed by atoms with Gasteiger partial charge in [0.25, 0.3) is 0 Å². The van der Waals surface area contributed by atoms with E-state index in [-0.39, 0.29) is 0 Å². The molecule has 0 fully saturated rings. The van der Waals surface area contributed by atoms with E-state index in [2.05, 4.69) is 46.6 Å². The summed E-state index contributed by atoms with van der Waals surface area (Å²) < 4.78 is 0. The molecule has 2 aromatic rings. The molecule has 2 heterocycles. The van der Waals surface area contributed by atoms with Crippen LogP contribution in [0.1, 0.15) is 10.6 Å². The predicted molar refractivity (Wildman–Crippen MR) is 70.3 cm³/mol. The van der Waals surface area contributed by atoms with E-state index in [1.807, 2.05) is 24.5 Å². The zero-order valence-electron chi connectivity index (χ0n) is 9.68. The van der Waals surface area contributed by atoms with E-state index in [1.54, 1.807) is 0 Å². The van der Waals surface area contributed by atoms with E-state index < -0.39 is 0 Å². The minimum Gasteiger partial charge on any atom is -0.374 e. The van der Waals surface area contributed by atoms with Crippen molar-refractivity contribution in [3.05, 3.63) is 46.4 Å². The highest BCUT2D eigenvalue weighted by Crippen LogP contribution is 2.14. The van der Waals surface area contributed by atoms with Crippen molar-refractivity contribution in [2.24, 2.45) is 0 Å². The predicted octanol–water partition coefficient (Wildman–Crippen LogP) is 3.13. The first-order chi connectivity index (χ1) is 7.75. The monoisotopic (exact) mass is 232 g/mol. The second-order valence-corrected chi connectivity index (χ2v) is 4.94. The van der Waals surface area contributed by atoms with Crippen LogP contribution in [0.4, 0.5) is 5.69 Å². The number of thiophene rings is 1. The molecule has 2 rings (SSSR count). The first-order valence-corrected chi connectivity index (χ1v) is 6.30. The van der Waals surface area contributed by atoms with Gasteiger partial charge < -0.3 is 4.90 Å². The number of likely N-dealkylation sites (N-methyl/N-ethyl adjacent to an activating group) is 1. The lowest BCUT2D eigenvalue weighted by molar-refractivity contribution is 0.884. The van der Waals surface area contributed by atoms with Crippen LogP contribution in [-0.2, 0) is 6.42 Å². The summed E-state index contributed by atoms with van der Waals surface area (Å²) in [6, 6.07) is 8.47. The van der Waals surface area contributed by atoms with Gasteiger partial charge in [-0.1, -0.05) is 6.07 Å². The molecule has 0 bridgehead atoms. The van der Waals surface area contributed by atoms with Gasteiger partial charge in [0.2, 0.25) is 0 Å². The van der Waals surface area contributed by atoms with Crippen molar-refractivity contribution in [1.82, 2.24) is 4.98 Å². The van der Waals surface area contributed by atoms with Crippen LogP contribution in [0.2, 0.25) is 0 Å². The molecule has 0 amide bonds. The molecule has 2 aromatic heterocycles. The first-order valence-electron chi connectivity index (χ1n) is 5.42. The average molecular weight is 232 g/mol. The molecule has 0 aliphatic carbocycles. The normalized spacial score (nSPS) is 10.4.